The standard InChI is InChI=1S/C10H16N4O3S/c1-9(15)13-3-2-4-14(6-5-13)18(16,17)10-7-11-8-12-10/h7-8H,2-6H2,1H3,(H,11,12). The Morgan fingerprint density at radius 2 is 2.11 bits per heavy atom. The fraction of sp³-hybridized carbons (Fsp3) is 0.600. The van der Waals surface area contributed by atoms with Gasteiger partial charge in [0.05, 0.1) is 12.5 Å². The summed E-state index contributed by atoms with van der Waals surface area (Å²) in [6.07, 6.45) is 3.28. The molecule has 0 unspecified atom stereocenters. The summed E-state index contributed by atoms with van der Waals surface area (Å²) in [5.74, 6) is -0.0178. The molecule has 1 fully saturated rings. The molecule has 0 bridgehead atoms. The molecule has 1 amide bonds. The zero-order valence-electron chi connectivity index (χ0n) is 10.2. The number of aromatic amines is 1. The van der Waals surface area contributed by atoms with Gasteiger partial charge >= 0.3 is 0 Å². The van der Waals surface area contributed by atoms with E-state index in [1.165, 1.54) is 23.8 Å². The number of H-pyrrole nitrogens is 1. The van der Waals surface area contributed by atoms with Crippen molar-refractivity contribution in [3.05, 3.63) is 12.5 Å². The van der Waals surface area contributed by atoms with E-state index in [9.17, 15) is 13.2 Å². The first-order valence-corrected chi connectivity index (χ1v) is 7.20. The van der Waals surface area contributed by atoms with Gasteiger partial charge in [0.25, 0.3) is 10.0 Å². The lowest BCUT2D eigenvalue weighted by atomic mass is 10.4. The molecule has 8 heteroatoms. The quantitative estimate of drug-likeness (QED) is 0.797. The molecule has 2 heterocycles. The van der Waals surface area contributed by atoms with Crippen LogP contribution in [0.15, 0.2) is 17.6 Å². The van der Waals surface area contributed by atoms with Crippen LogP contribution in [0.4, 0.5) is 0 Å². The van der Waals surface area contributed by atoms with E-state index in [0.29, 0.717) is 32.6 Å². The van der Waals surface area contributed by atoms with Crippen LogP contribution in [-0.4, -0.2) is 59.7 Å². The van der Waals surface area contributed by atoms with E-state index in [4.69, 9.17) is 0 Å². The van der Waals surface area contributed by atoms with E-state index in [1.807, 2.05) is 0 Å². The average molecular weight is 272 g/mol. The largest absolute Gasteiger partial charge is 0.342 e. The molecule has 1 aliphatic heterocycles. The molecular weight excluding hydrogens is 256 g/mol. The molecule has 1 aromatic rings. The second-order valence-corrected chi connectivity index (χ2v) is 6.09. The lowest BCUT2D eigenvalue weighted by Gasteiger charge is -2.20. The number of hydrogen-bond donors (Lipinski definition) is 1. The summed E-state index contributed by atoms with van der Waals surface area (Å²) < 4.78 is 25.9. The Kier molecular flexibility index (Phi) is 3.67. The Hall–Kier alpha value is -1.41. The van der Waals surface area contributed by atoms with E-state index in [1.54, 1.807) is 4.90 Å². The zero-order valence-corrected chi connectivity index (χ0v) is 11.0. The third-order valence-electron chi connectivity index (χ3n) is 2.99. The van der Waals surface area contributed by atoms with Crippen LogP contribution in [0.5, 0.6) is 0 Å². The Morgan fingerprint density at radius 1 is 1.33 bits per heavy atom. The number of sulfonamides is 1. The minimum atomic E-state index is -3.51. The van der Waals surface area contributed by atoms with Crippen LogP contribution in [0.1, 0.15) is 13.3 Å². The van der Waals surface area contributed by atoms with Gasteiger partial charge < -0.3 is 9.88 Å². The molecule has 7 nitrogen and oxygen atoms in total. The van der Waals surface area contributed by atoms with Crippen molar-refractivity contribution < 1.29 is 13.2 Å². The molecule has 0 aliphatic carbocycles. The fourth-order valence-electron chi connectivity index (χ4n) is 1.97. The summed E-state index contributed by atoms with van der Waals surface area (Å²) in [5, 5.41) is 0.0961. The van der Waals surface area contributed by atoms with Crippen molar-refractivity contribution in [3.63, 3.8) is 0 Å². The Balaban J connectivity index is 2.13. The van der Waals surface area contributed by atoms with Crippen molar-refractivity contribution in [2.45, 2.75) is 18.4 Å². The van der Waals surface area contributed by atoms with Gasteiger partial charge in [0, 0.05) is 33.1 Å². The molecule has 1 aromatic heterocycles. The van der Waals surface area contributed by atoms with E-state index < -0.39 is 10.0 Å². The second kappa shape index (κ2) is 5.07. The molecule has 18 heavy (non-hydrogen) atoms. The first-order chi connectivity index (χ1) is 8.51. The van der Waals surface area contributed by atoms with Gasteiger partial charge in [0.15, 0.2) is 5.03 Å². The maximum atomic E-state index is 12.2. The number of imidazole rings is 1. The molecule has 0 radical (unpaired) electrons. The Morgan fingerprint density at radius 3 is 2.72 bits per heavy atom. The molecular formula is C10H16N4O3S. The third-order valence-corrected chi connectivity index (χ3v) is 4.82. The van der Waals surface area contributed by atoms with Crippen LogP contribution >= 0.6 is 0 Å². The fourth-order valence-corrected chi connectivity index (χ4v) is 3.34. The van der Waals surface area contributed by atoms with Gasteiger partial charge in [-0.2, -0.15) is 4.31 Å². The van der Waals surface area contributed by atoms with Gasteiger partial charge in [-0.3, -0.25) is 4.79 Å². The summed E-state index contributed by atoms with van der Waals surface area (Å²) in [6.45, 7) is 3.28. The Labute approximate surface area is 106 Å². The normalized spacial score (nSPS) is 18.6. The molecule has 0 spiro atoms. The van der Waals surface area contributed by atoms with Crippen molar-refractivity contribution >= 4 is 15.9 Å². The van der Waals surface area contributed by atoms with E-state index in [0.717, 1.165) is 0 Å². The minimum Gasteiger partial charge on any atom is -0.342 e. The first-order valence-electron chi connectivity index (χ1n) is 5.76. The van der Waals surface area contributed by atoms with Crippen LogP contribution < -0.4 is 0 Å². The van der Waals surface area contributed by atoms with Crippen LogP contribution in [0.25, 0.3) is 0 Å². The lowest BCUT2D eigenvalue weighted by molar-refractivity contribution is -0.128. The molecule has 0 atom stereocenters. The number of amides is 1. The number of nitrogens with one attached hydrogen (secondary N) is 1. The van der Waals surface area contributed by atoms with Crippen LogP contribution in [0.2, 0.25) is 0 Å². The predicted molar refractivity (Wildman–Crippen MR) is 64.2 cm³/mol. The van der Waals surface area contributed by atoms with Gasteiger partial charge in [-0.05, 0) is 6.42 Å². The molecule has 1 aliphatic rings. The number of rotatable bonds is 2. The number of aromatic nitrogens is 2. The maximum Gasteiger partial charge on any atom is 0.260 e. The SMILES string of the molecule is CC(=O)N1CCCN(S(=O)(=O)c2cnc[nH]2)CC1. The first kappa shape index (κ1) is 13.0. The van der Waals surface area contributed by atoms with Crippen molar-refractivity contribution in [1.82, 2.24) is 19.2 Å². The summed E-state index contributed by atoms with van der Waals surface area (Å²) in [6, 6.07) is 0. The number of hydrogen-bond acceptors (Lipinski definition) is 4. The summed E-state index contributed by atoms with van der Waals surface area (Å²) in [4.78, 5) is 19.3. The van der Waals surface area contributed by atoms with Gasteiger partial charge in [0.2, 0.25) is 5.91 Å². The predicted octanol–water partition coefficient (Wildman–Crippen LogP) is -0.347. The molecule has 100 valence electrons. The maximum absolute atomic E-state index is 12.2. The summed E-state index contributed by atoms with van der Waals surface area (Å²) in [5.41, 5.74) is 0. The Bertz CT molecular complexity index is 511. The molecule has 0 saturated carbocycles. The number of carbonyl (C=O) groups is 1. The lowest BCUT2D eigenvalue weighted by Crippen LogP contribution is -2.36. The molecule has 1 saturated heterocycles. The van der Waals surface area contributed by atoms with Crippen molar-refractivity contribution in [2.75, 3.05) is 26.2 Å². The molecule has 0 aromatic carbocycles. The molecule has 1 N–H and O–H groups in total. The summed E-state index contributed by atoms with van der Waals surface area (Å²) in [7, 11) is -3.51. The summed E-state index contributed by atoms with van der Waals surface area (Å²) >= 11 is 0. The average Bonchev–Trinajstić information content (AvgIpc) is 2.73. The van der Waals surface area contributed by atoms with E-state index in [-0.39, 0.29) is 10.9 Å². The topological polar surface area (TPSA) is 86.4 Å². The zero-order chi connectivity index (χ0) is 13.2. The van der Waals surface area contributed by atoms with Crippen molar-refractivity contribution in [1.29, 1.82) is 0 Å². The van der Waals surface area contributed by atoms with Gasteiger partial charge in [-0.15, -0.1) is 0 Å². The van der Waals surface area contributed by atoms with Crippen LogP contribution in [-0.2, 0) is 14.8 Å². The monoisotopic (exact) mass is 272 g/mol. The van der Waals surface area contributed by atoms with Gasteiger partial charge in [0.1, 0.15) is 0 Å². The van der Waals surface area contributed by atoms with Gasteiger partial charge in [-0.25, -0.2) is 13.4 Å². The highest BCUT2D eigenvalue weighted by Crippen LogP contribution is 2.14. The highest BCUT2D eigenvalue weighted by molar-refractivity contribution is 7.89. The van der Waals surface area contributed by atoms with Crippen molar-refractivity contribution in [2.24, 2.45) is 0 Å². The van der Waals surface area contributed by atoms with E-state index >= 15 is 0 Å². The minimum absolute atomic E-state index is 0.0178. The van der Waals surface area contributed by atoms with E-state index in [2.05, 4.69) is 9.97 Å². The second-order valence-electron chi connectivity index (χ2n) is 4.18. The highest BCUT2D eigenvalue weighted by Gasteiger charge is 2.28. The number of carbonyl (C=O) groups excluding carboxylic acids is 1. The smallest absolute Gasteiger partial charge is 0.260 e. The van der Waals surface area contributed by atoms with Gasteiger partial charge in [-0.1, -0.05) is 0 Å². The van der Waals surface area contributed by atoms with Crippen LogP contribution in [0.3, 0.4) is 0 Å². The number of nitrogens with zero attached hydrogens (tertiary/aromatic N) is 3. The highest BCUT2D eigenvalue weighted by atomic mass is 32.2. The van der Waals surface area contributed by atoms with Crippen LogP contribution in [0, 0.1) is 0 Å². The van der Waals surface area contributed by atoms with Crippen molar-refractivity contribution in [3.8, 4) is 0 Å². The third kappa shape index (κ3) is 2.54. The molecule has 2 rings (SSSR count).